The van der Waals surface area contributed by atoms with Crippen molar-refractivity contribution < 1.29 is 14.3 Å². The van der Waals surface area contributed by atoms with E-state index in [0.717, 1.165) is 17.6 Å². The Bertz CT molecular complexity index is 341. The quantitative estimate of drug-likeness (QED) is 0.719. The third-order valence-electron chi connectivity index (χ3n) is 1.76. The van der Waals surface area contributed by atoms with Gasteiger partial charge in [0.15, 0.2) is 0 Å². The van der Waals surface area contributed by atoms with Crippen molar-refractivity contribution in [2.45, 2.75) is 19.9 Å². The van der Waals surface area contributed by atoms with E-state index < -0.39 is 5.97 Å². The molecule has 0 amide bonds. The summed E-state index contributed by atoms with van der Waals surface area (Å²) in [6.07, 6.45) is 2.44. The fourth-order valence-electron chi connectivity index (χ4n) is 1.03. The molecular formula is C10H13NO3. The second-order valence-electron chi connectivity index (χ2n) is 3.01. The molecule has 0 aliphatic carbocycles. The van der Waals surface area contributed by atoms with Gasteiger partial charge in [-0.2, -0.15) is 0 Å². The molecule has 14 heavy (non-hydrogen) atoms. The lowest BCUT2D eigenvalue weighted by Crippen LogP contribution is -2.11. The first-order chi connectivity index (χ1) is 6.59. The third kappa shape index (κ3) is 2.97. The molecule has 76 valence electrons. The molecule has 1 aromatic heterocycles. The van der Waals surface area contributed by atoms with Crippen LogP contribution in [-0.2, 0) is 4.79 Å². The monoisotopic (exact) mass is 195 g/mol. The summed E-state index contributed by atoms with van der Waals surface area (Å²) in [6.45, 7) is 3.76. The van der Waals surface area contributed by atoms with Gasteiger partial charge < -0.3 is 14.8 Å². The van der Waals surface area contributed by atoms with Crippen molar-refractivity contribution in [1.29, 1.82) is 0 Å². The number of carbonyl (C=O) groups is 1. The molecule has 1 rings (SSSR count). The van der Waals surface area contributed by atoms with Crippen LogP contribution in [0, 0.1) is 6.92 Å². The van der Waals surface area contributed by atoms with Gasteiger partial charge in [0.2, 0.25) is 0 Å². The van der Waals surface area contributed by atoms with E-state index in [0.29, 0.717) is 0 Å². The van der Waals surface area contributed by atoms with Gasteiger partial charge >= 0.3 is 5.97 Å². The Kier molecular flexibility index (Phi) is 3.34. The number of hydrogen-bond acceptors (Lipinski definition) is 3. The molecule has 0 aromatic carbocycles. The second kappa shape index (κ2) is 4.50. The number of carboxylic acids is 1. The zero-order chi connectivity index (χ0) is 10.6. The smallest absolute Gasteiger partial charge is 0.329 e. The molecule has 4 heteroatoms. The summed E-state index contributed by atoms with van der Waals surface area (Å²) in [5, 5.41) is 11.2. The Morgan fingerprint density at radius 3 is 2.86 bits per heavy atom. The summed E-state index contributed by atoms with van der Waals surface area (Å²) in [7, 11) is 0. The van der Waals surface area contributed by atoms with Crippen molar-refractivity contribution in [3.05, 3.63) is 35.9 Å². The maximum atomic E-state index is 10.2. The minimum atomic E-state index is -0.972. The minimum Gasteiger partial charge on any atom is -0.478 e. The standard InChI is InChI=1S/C10H13NO3/c1-7-3-4-9(14-7)8(2)11-6-5-10(12)13/h3-6,8,11H,1-2H3,(H,12,13)/b6-5+. The van der Waals surface area contributed by atoms with Gasteiger partial charge in [0.1, 0.15) is 11.5 Å². The molecule has 0 saturated carbocycles. The summed E-state index contributed by atoms with van der Waals surface area (Å²) < 4.78 is 5.36. The van der Waals surface area contributed by atoms with E-state index in [1.165, 1.54) is 6.20 Å². The van der Waals surface area contributed by atoms with Crippen molar-refractivity contribution in [1.82, 2.24) is 5.32 Å². The van der Waals surface area contributed by atoms with Crippen LogP contribution in [0.2, 0.25) is 0 Å². The van der Waals surface area contributed by atoms with Gasteiger partial charge in [0, 0.05) is 12.3 Å². The van der Waals surface area contributed by atoms with Crippen LogP contribution in [0.25, 0.3) is 0 Å². The van der Waals surface area contributed by atoms with Crippen LogP contribution in [0.3, 0.4) is 0 Å². The van der Waals surface area contributed by atoms with Crippen LogP contribution < -0.4 is 5.32 Å². The van der Waals surface area contributed by atoms with Crippen LogP contribution in [0.4, 0.5) is 0 Å². The lowest BCUT2D eigenvalue weighted by molar-refractivity contribution is -0.131. The maximum absolute atomic E-state index is 10.2. The number of aryl methyl sites for hydroxylation is 1. The molecule has 1 aromatic rings. The molecule has 1 atom stereocenters. The average molecular weight is 195 g/mol. The highest BCUT2D eigenvalue weighted by molar-refractivity contribution is 5.79. The van der Waals surface area contributed by atoms with Crippen molar-refractivity contribution >= 4 is 5.97 Å². The zero-order valence-electron chi connectivity index (χ0n) is 8.15. The first kappa shape index (κ1) is 10.4. The first-order valence-corrected chi connectivity index (χ1v) is 4.31. The minimum absolute atomic E-state index is 0.0284. The predicted octanol–water partition coefficient (Wildman–Crippen LogP) is 1.84. The van der Waals surface area contributed by atoms with E-state index in [1.54, 1.807) is 0 Å². The highest BCUT2D eigenvalue weighted by Gasteiger charge is 2.06. The average Bonchev–Trinajstić information content (AvgIpc) is 2.51. The molecule has 0 bridgehead atoms. The molecule has 0 fully saturated rings. The topological polar surface area (TPSA) is 62.5 Å². The first-order valence-electron chi connectivity index (χ1n) is 4.31. The number of furan rings is 1. The fraction of sp³-hybridized carbons (Fsp3) is 0.300. The number of nitrogens with one attached hydrogen (secondary N) is 1. The van der Waals surface area contributed by atoms with Crippen LogP contribution >= 0.6 is 0 Å². The van der Waals surface area contributed by atoms with E-state index in [1.807, 2.05) is 26.0 Å². The molecule has 0 spiro atoms. The Morgan fingerprint density at radius 2 is 2.36 bits per heavy atom. The van der Waals surface area contributed by atoms with Gasteiger partial charge in [-0.25, -0.2) is 4.79 Å². The van der Waals surface area contributed by atoms with Gasteiger partial charge in [-0.1, -0.05) is 0 Å². The highest BCUT2D eigenvalue weighted by Crippen LogP contribution is 2.14. The molecule has 2 N–H and O–H groups in total. The summed E-state index contributed by atoms with van der Waals surface area (Å²) in [5.41, 5.74) is 0. The lowest BCUT2D eigenvalue weighted by Gasteiger charge is -2.07. The van der Waals surface area contributed by atoms with E-state index in [2.05, 4.69) is 5.32 Å². The molecule has 0 aliphatic heterocycles. The highest BCUT2D eigenvalue weighted by atomic mass is 16.4. The van der Waals surface area contributed by atoms with Crippen molar-refractivity contribution in [2.24, 2.45) is 0 Å². The summed E-state index contributed by atoms with van der Waals surface area (Å²) in [4.78, 5) is 10.2. The Balaban J connectivity index is 2.50. The Hall–Kier alpha value is -1.71. The predicted molar refractivity (Wildman–Crippen MR) is 51.8 cm³/mol. The van der Waals surface area contributed by atoms with E-state index in [9.17, 15) is 4.79 Å². The zero-order valence-corrected chi connectivity index (χ0v) is 8.15. The van der Waals surface area contributed by atoms with Crippen molar-refractivity contribution in [3.63, 3.8) is 0 Å². The number of rotatable bonds is 4. The van der Waals surface area contributed by atoms with Crippen LogP contribution in [0.15, 0.2) is 28.8 Å². The number of carboxylic acid groups (broad SMARTS) is 1. The van der Waals surface area contributed by atoms with E-state index >= 15 is 0 Å². The van der Waals surface area contributed by atoms with Crippen molar-refractivity contribution in [3.8, 4) is 0 Å². The van der Waals surface area contributed by atoms with Gasteiger partial charge in [0.25, 0.3) is 0 Å². The SMILES string of the molecule is Cc1ccc(C(C)N/C=C/C(=O)O)o1. The number of hydrogen-bond donors (Lipinski definition) is 2. The van der Waals surface area contributed by atoms with Gasteiger partial charge in [-0.05, 0) is 26.0 Å². The van der Waals surface area contributed by atoms with Gasteiger partial charge in [-0.3, -0.25) is 0 Å². The molecule has 1 heterocycles. The summed E-state index contributed by atoms with van der Waals surface area (Å²) in [6, 6.07) is 3.70. The van der Waals surface area contributed by atoms with E-state index in [4.69, 9.17) is 9.52 Å². The lowest BCUT2D eigenvalue weighted by atomic mass is 10.2. The third-order valence-corrected chi connectivity index (χ3v) is 1.76. The number of aliphatic carboxylic acids is 1. The van der Waals surface area contributed by atoms with Gasteiger partial charge in [0.05, 0.1) is 6.04 Å². The van der Waals surface area contributed by atoms with Crippen LogP contribution in [-0.4, -0.2) is 11.1 Å². The molecule has 0 saturated heterocycles. The Labute approximate surface area is 82.2 Å². The maximum Gasteiger partial charge on any atom is 0.329 e. The largest absolute Gasteiger partial charge is 0.478 e. The van der Waals surface area contributed by atoms with Crippen LogP contribution in [0.5, 0.6) is 0 Å². The summed E-state index contributed by atoms with van der Waals surface area (Å²) >= 11 is 0. The van der Waals surface area contributed by atoms with Crippen molar-refractivity contribution in [2.75, 3.05) is 0 Å². The van der Waals surface area contributed by atoms with Gasteiger partial charge in [-0.15, -0.1) is 0 Å². The molecule has 0 radical (unpaired) electrons. The van der Waals surface area contributed by atoms with Crippen LogP contribution in [0.1, 0.15) is 24.5 Å². The molecular weight excluding hydrogens is 182 g/mol. The fourth-order valence-corrected chi connectivity index (χ4v) is 1.03. The normalized spacial score (nSPS) is 13.0. The van der Waals surface area contributed by atoms with E-state index in [-0.39, 0.29) is 6.04 Å². The molecule has 1 unspecified atom stereocenters. The Morgan fingerprint density at radius 1 is 1.64 bits per heavy atom. The molecule has 4 nitrogen and oxygen atoms in total. The summed E-state index contributed by atoms with van der Waals surface area (Å²) in [5.74, 6) is 0.661. The second-order valence-corrected chi connectivity index (χ2v) is 3.01. The molecule has 0 aliphatic rings.